The third kappa shape index (κ3) is 1.87. The molecule has 1 aliphatic heterocycles. The van der Waals surface area contributed by atoms with E-state index in [4.69, 9.17) is 4.74 Å². The summed E-state index contributed by atoms with van der Waals surface area (Å²) in [6.45, 7) is 3.21. The number of hydrogen-bond donors (Lipinski definition) is 1. The highest BCUT2D eigenvalue weighted by atomic mass is 16.6. The van der Waals surface area contributed by atoms with Crippen molar-refractivity contribution in [3.63, 3.8) is 0 Å². The lowest BCUT2D eigenvalue weighted by atomic mass is 9.98. The summed E-state index contributed by atoms with van der Waals surface area (Å²) < 4.78 is 4.93. The van der Waals surface area contributed by atoms with Gasteiger partial charge in [0.2, 0.25) is 0 Å². The highest BCUT2D eigenvalue weighted by molar-refractivity contribution is 5.68. The number of rotatable bonds is 1. The SMILES string of the molecule is Cc1ccc(C2CNC(=O)OC2)cc1. The fourth-order valence-corrected chi connectivity index (χ4v) is 1.55. The van der Waals surface area contributed by atoms with Crippen LogP contribution in [-0.2, 0) is 4.74 Å². The van der Waals surface area contributed by atoms with E-state index >= 15 is 0 Å². The Balaban J connectivity index is 2.08. The van der Waals surface area contributed by atoms with Crippen molar-refractivity contribution in [2.75, 3.05) is 13.2 Å². The molecule has 1 aromatic carbocycles. The maximum absolute atomic E-state index is 10.8. The molecule has 1 fully saturated rings. The number of nitrogens with one attached hydrogen (secondary N) is 1. The van der Waals surface area contributed by atoms with Crippen LogP contribution in [0.1, 0.15) is 17.0 Å². The highest BCUT2D eigenvalue weighted by Gasteiger charge is 2.19. The normalized spacial score (nSPS) is 21.2. The molecule has 0 radical (unpaired) electrons. The second-order valence-corrected chi connectivity index (χ2v) is 3.59. The van der Waals surface area contributed by atoms with E-state index in [1.807, 2.05) is 0 Å². The molecule has 1 heterocycles. The van der Waals surface area contributed by atoms with Crippen LogP contribution in [0.4, 0.5) is 4.79 Å². The molecule has 0 saturated carbocycles. The molecule has 0 bridgehead atoms. The van der Waals surface area contributed by atoms with E-state index in [0.717, 1.165) is 0 Å². The number of carbonyl (C=O) groups is 1. The second kappa shape index (κ2) is 3.70. The van der Waals surface area contributed by atoms with Gasteiger partial charge in [-0.2, -0.15) is 0 Å². The Labute approximate surface area is 83.1 Å². The van der Waals surface area contributed by atoms with Crippen molar-refractivity contribution in [2.24, 2.45) is 0 Å². The Hall–Kier alpha value is -1.51. The van der Waals surface area contributed by atoms with Gasteiger partial charge in [0, 0.05) is 12.5 Å². The minimum atomic E-state index is -0.312. The van der Waals surface area contributed by atoms with Gasteiger partial charge in [-0.05, 0) is 12.5 Å². The fraction of sp³-hybridized carbons (Fsp3) is 0.364. The van der Waals surface area contributed by atoms with Crippen molar-refractivity contribution in [3.05, 3.63) is 35.4 Å². The van der Waals surface area contributed by atoms with Gasteiger partial charge in [-0.15, -0.1) is 0 Å². The molecule has 1 atom stereocenters. The number of cyclic esters (lactones) is 1. The minimum absolute atomic E-state index is 0.285. The first-order valence-corrected chi connectivity index (χ1v) is 4.73. The number of alkyl carbamates (subject to hydrolysis) is 1. The molecule has 1 unspecified atom stereocenters. The Bertz CT molecular complexity index is 322. The predicted octanol–water partition coefficient (Wildman–Crippen LogP) is 1.82. The van der Waals surface area contributed by atoms with Crippen LogP contribution in [0.5, 0.6) is 0 Å². The van der Waals surface area contributed by atoms with Gasteiger partial charge >= 0.3 is 6.09 Å². The Morgan fingerprint density at radius 2 is 2.07 bits per heavy atom. The van der Waals surface area contributed by atoms with E-state index in [0.29, 0.717) is 13.2 Å². The van der Waals surface area contributed by atoms with E-state index in [1.165, 1.54) is 11.1 Å². The van der Waals surface area contributed by atoms with Crippen molar-refractivity contribution < 1.29 is 9.53 Å². The summed E-state index contributed by atoms with van der Waals surface area (Å²) in [4.78, 5) is 10.8. The topological polar surface area (TPSA) is 38.3 Å². The van der Waals surface area contributed by atoms with E-state index in [1.54, 1.807) is 0 Å². The lowest BCUT2D eigenvalue weighted by molar-refractivity contribution is 0.120. The van der Waals surface area contributed by atoms with Crippen LogP contribution in [-0.4, -0.2) is 19.2 Å². The average Bonchev–Trinajstić information content (AvgIpc) is 2.21. The summed E-state index contributed by atoms with van der Waals surface area (Å²) in [6.07, 6.45) is -0.312. The summed E-state index contributed by atoms with van der Waals surface area (Å²) in [5, 5.41) is 2.68. The van der Waals surface area contributed by atoms with E-state index in [2.05, 4.69) is 36.5 Å². The van der Waals surface area contributed by atoms with Crippen LogP contribution in [0.25, 0.3) is 0 Å². The third-order valence-electron chi connectivity index (χ3n) is 2.46. The predicted molar refractivity (Wildman–Crippen MR) is 53.3 cm³/mol. The van der Waals surface area contributed by atoms with Crippen molar-refractivity contribution in [2.45, 2.75) is 12.8 Å². The van der Waals surface area contributed by atoms with E-state index < -0.39 is 0 Å². The molecule has 1 aliphatic rings. The summed E-state index contributed by atoms with van der Waals surface area (Å²) in [6, 6.07) is 8.32. The molecule has 14 heavy (non-hydrogen) atoms. The lowest BCUT2D eigenvalue weighted by Crippen LogP contribution is -2.37. The van der Waals surface area contributed by atoms with Gasteiger partial charge in [-0.1, -0.05) is 29.8 Å². The van der Waals surface area contributed by atoms with Crippen LogP contribution >= 0.6 is 0 Å². The molecule has 3 nitrogen and oxygen atoms in total. The van der Waals surface area contributed by atoms with Gasteiger partial charge < -0.3 is 10.1 Å². The number of ether oxygens (including phenoxy) is 1. The Morgan fingerprint density at radius 3 is 2.64 bits per heavy atom. The van der Waals surface area contributed by atoms with Gasteiger partial charge in [0.25, 0.3) is 0 Å². The Morgan fingerprint density at radius 1 is 1.36 bits per heavy atom. The van der Waals surface area contributed by atoms with Gasteiger partial charge in [0.15, 0.2) is 0 Å². The summed E-state index contributed by atoms with van der Waals surface area (Å²) in [5.41, 5.74) is 2.46. The minimum Gasteiger partial charge on any atom is -0.449 e. The van der Waals surface area contributed by atoms with Crippen molar-refractivity contribution in [1.29, 1.82) is 0 Å². The number of benzene rings is 1. The van der Waals surface area contributed by atoms with Crippen molar-refractivity contribution in [1.82, 2.24) is 5.32 Å². The number of aryl methyl sites for hydroxylation is 1. The first-order valence-electron chi connectivity index (χ1n) is 4.73. The molecule has 1 N–H and O–H groups in total. The molecular formula is C11H13NO2. The zero-order valence-corrected chi connectivity index (χ0v) is 8.12. The molecule has 0 aromatic heterocycles. The molecular weight excluding hydrogens is 178 g/mol. The summed E-state index contributed by atoms with van der Waals surface area (Å²) >= 11 is 0. The Kier molecular flexibility index (Phi) is 2.39. The van der Waals surface area contributed by atoms with Gasteiger partial charge in [-0.3, -0.25) is 0 Å². The van der Waals surface area contributed by atoms with Crippen molar-refractivity contribution in [3.8, 4) is 0 Å². The van der Waals surface area contributed by atoms with E-state index in [9.17, 15) is 4.79 Å². The molecule has 1 saturated heterocycles. The first-order chi connectivity index (χ1) is 6.75. The second-order valence-electron chi connectivity index (χ2n) is 3.59. The molecule has 3 heteroatoms. The smallest absolute Gasteiger partial charge is 0.407 e. The lowest BCUT2D eigenvalue weighted by Gasteiger charge is -2.23. The highest BCUT2D eigenvalue weighted by Crippen LogP contribution is 2.18. The van der Waals surface area contributed by atoms with Gasteiger partial charge in [-0.25, -0.2) is 4.79 Å². The largest absolute Gasteiger partial charge is 0.449 e. The summed E-state index contributed by atoms with van der Waals surface area (Å²) in [7, 11) is 0. The van der Waals surface area contributed by atoms with Crippen LogP contribution in [0.15, 0.2) is 24.3 Å². The summed E-state index contributed by atoms with van der Waals surface area (Å²) in [5.74, 6) is 0.285. The van der Waals surface area contributed by atoms with E-state index in [-0.39, 0.29) is 12.0 Å². The molecule has 1 aromatic rings. The fourth-order valence-electron chi connectivity index (χ4n) is 1.55. The van der Waals surface area contributed by atoms with Crippen LogP contribution < -0.4 is 5.32 Å². The molecule has 1 amide bonds. The molecule has 0 aliphatic carbocycles. The number of carbonyl (C=O) groups excluding carboxylic acids is 1. The van der Waals surface area contributed by atoms with Gasteiger partial charge in [0.05, 0.1) is 0 Å². The number of hydrogen-bond acceptors (Lipinski definition) is 2. The molecule has 74 valence electrons. The molecule has 0 spiro atoms. The maximum atomic E-state index is 10.8. The van der Waals surface area contributed by atoms with Crippen LogP contribution in [0.2, 0.25) is 0 Å². The zero-order chi connectivity index (χ0) is 9.97. The maximum Gasteiger partial charge on any atom is 0.407 e. The monoisotopic (exact) mass is 191 g/mol. The van der Waals surface area contributed by atoms with Crippen LogP contribution in [0, 0.1) is 6.92 Å². The van der Waals surface area contributed by atoms with Crippen molar-refractivity contribution >= 4 is 6.09 Å². The zero-order valence-electron chi connectivity index (χ0n) is 8.12. The first kappa shape index (κ1) is 9.06. The average molecular weight is 191 g/mol. The van der Waals surface area contributed by atoms with Gasteiger partial charge in [0.1, 0.15) is 6.61 Å². The third-order valence-corrected chi connectivity index (χ3v) is 2.46. The van der Waals surface area contributed by atoms with Crippen LogP contribution in [0.3, 0.4) is 0 Å². The molecule has 2 rings (SSSR count). The quantitative estimate of drug-likeness (QED) is 0.735. The standard InChI is InChI=1S/C11H13NO2/c1-8-2-4-9(5-3-8)10-6-12-11(13)14-7-10/h2-5,10H,6-7H2,1H3,(H,12,13). The number of amides is 1.